The molecular weight excluding hydrogens is 164 g/mol. The highest BCUT2D eigenvalue weighted by Crippen LogP contribution is 2.46. The minimum atomic E-state index is -0.275. The van der Waals surface area contributed by atoms with Crippen molar-refractivity contribution in [1.29, 1.82) is 0 Å². The molecule has 2 aliphatic carbocycles. The van der Waals surface area contributed by atoms with Crippen LogP contribution in [0.4, 0.5) is 0 Å². The van der Waals surface area contributed by atoms with Crippen molar-refractivity contribution in [3.63, 3.8) is 0 Å². The number of aliphatic hydroxyl groups excluding tert-OH is 2. The molecule has 13 heavy (non-hydrogen) atoms. The molecule has 0 saturated heterocycles. The van der Waals surface area contributed by atoms with Crippen LogP contribution in [0.5, 0.6) is 0 Å². The highest BCUT2D eigenvalue weighted by Gasteiger charge is 2.40. The molecule has 2 aliphatic rings. The van der Waals surface area contributed by atoms with Gasteiger partial charge in [0.2, 0.25) is 0 Å². The van der Waals surface area contributed by atoms with Crippen LogP contribution in [0.2, 0.25) is 0 Å². The van der Waals surface area contributed by atoms with Gasteiger partial charge in [0.25, 0.3) is 0 Å². The van der Waals surface area contributed by atoms with Gasteiger partial charge in [-0.05, 0) is 25.2 Å². The van der Waals surface area contributed by atoms with Crippen molar-refractivity contribution in [2.24, 2.45) is 11.3 Å². The number of hydrogen-bond acceptors (Lipinski definition) is 2. The molecule has 0 bridgehead atoms. The molecule has 2 unspecified atom stereocenters. The zero-order valence-corrected chi connectivity index (χ0v) is 7.95. The fraction of sp³-hybridized carbons (Fsp3) is 0.818. The van der Waals surface area contributed by atoms with Gasteiger partial charge in [-0.25, -0.2) is 0 Å². The lowest BCUT2D eigenvalue weighted by atomic mass is 9.62. The van der Waals surface area contributed by atoms with Crippen molar-refractivity contribution in [3.05, 3.63) is 12.2 Å². The predicted molar refractivity (Wildman–Crippen MR) is 51.2 cm³/mol. The van der Waals surface area contributed by atoms with E-state index < -0.39 is 0 Å². The van der Waals surface area contributed by atoms with Gasteiger partial charge in [-0.2, -0.15) is 0 Å². The maximum Gasteiger partial charge on any atom is 0.0724 e. The smallest absolute Gasteiger partial charge is 0.0724 e. The van der Waals surface area contributed by atoms with Crippen LogP contribution in [0.1, 0.15) is 32.1 Å². The lowest BCUT2D eigenvalue weighted by Gasteiger charge is -2.44. The monoisotopic (exact) mass is 182 g/mol. The van der Waals surface area contributed by atoms with Gasteiger partial charge in [0, 0.05) is 5.41 Å². The Morgan fingerprint density at radius 2 is 2.23 bits per heavy atom. The third-order valence-corrected chi connectivity index (χ3v) is 3.73. The maximum atomic E-state index is 9.49. The lowest BCUT2D eigenvalue weighted by molar-refractivity contribution is 0.0279. The van der Waals surface area contributed by atoms with Crippen molar-refractivity contribution >= 4 is 0 Å². The molecule has 0 heterocycles. The average Bonchev–Trinajstić information content (AvgIpc) is 2.18. The van der Waals surface area contributed by atoms with Crippen LogP contribution in [0.15, 0.2) is 12.2 Å². The first-order valence-corrected chi connectivity index (χ1v) is 5.25. The first-order valence-electron chi connectivity index (χ1n) is 5.25. The Bertz CT molecular complexity index is 212. The molecule has 0 spiro atoms. The highest BCUT2D eigenvalue weighted by molar-refractivity contribution is 5.11. The standard InChI is InChI=1S/C11H18O2/c12-8-11-5-2-1-3-9(11)7-10(13)4-6-11/h4,6,9-10,12-13H,1-3,5,7-8H2/t9?,10?,11-/m1/s1. The fourth-order valence-electron chi connectivity index (χ4n) is 2.84. The van der Waals surface area contributed by atoms with Crippen LogP contribution < -0.4 is 0 Å². The Balaban J connectivity index is 2.21. The summed E-state index contributed by atoms with van der Waals surface area (Å²) in [6.07, 6.45) is 9.23. The van der Waals surface area contributed by atoms with E-state index in [1.165, 1.54) is 19.3 Å². The van der Waals surface area contributed by atoms with Crippen molar-refractivity contribution in [2.45, 2.75) is 38.2 Å². The molecule has 1 fully saturated rings. The normalized spacial score (nSPS) is 44.5. The molecule has 2 heteroatoms. The summed E-state index contributed by atoms with van der Waals surface area (Å²) in [6, 6.07) is 0. The zero-order chi connectivity index (χ0) is 9.31. The van der Waals surface area contributed by atoms with Crippen LogP contribution in [-0.2, 0) is 0 Å². The van der Waals surface area contributed by atoms with Crippen molar-refractivity contribution in [2.75, 3.05) is 6.61 Å². The minimum Gasteiger partial charge on any atom is -0.395 e. The molecule has 0 radical (unpaired) electrons. The molecule has 2 nitrogen and oxygen atoms in total. The van der Waals surface area contributed by atoms with Crippen molar-refractivity contribution < 1.29 is 10.2 Å². The van der Waals surface area contributed by atoms with Gasteiger partial charge in [-0.3, -0.25) is 0 Å². The van der Waals surface area contributed by atoms with Crippen LogP contribution >= 0.6 is 0 Å². The third-order valence-electron chi connectivity index (χ3n) is 3.73. The highest BCUT2D eigenvalue weighted by atomic mass is 16.3. The molecule has 0 amide bonds. The number of rotatable bonds is 1. The number of fused-ring (bicyclic) bond motifs is 1. The second-order valence-corrected chi connectivity index (χ2v) is 4.50. The first-order chi connectivity index (χ1) is 6.27. The predicted octanol–water partition coefficient (Wildman–Crippen LogP) is 1.48. The summed E-state index contributed by atoms with van der Waals surface area (Å²) in [5, 5.41) is 18.9. The van der Waals surface area contributed by atoms with Crippen LogP contribution in [0.3, 0.4) is 0 Å². The molecule has 0 aliphatic heterocycles. The van der Waals surface area contributed by atoms with Crippen LogP contribution in [-0.4, -0.2) is 22.9 Å². The van der Waals surface area contributed by atoms with Gasteiger partial charge in [0.15, 0.2) is 0 Å². The summed E-state index contributed by atoms with van der Waals surface area (Å²) in [5.41, 5.74) is 0.0114. The van der Waals surface area contributed by atoms with Gasteiger partial charge < -0.3 is 10.2 Å². The van der Waals surface area contributed by atoms with E-state index in [1.54, 1.807) is 0 Å². The van der Waals surface area contributed by atoms with Gasteiger partial charge in [-0.15, -0.1) is 0 Å². The van der Waals surface area contributed by atoms with E-state index in [0.29, 0.717) is 5.92 Å². The minimum absolute atomic E-state index is 0.0114. The van der Waals surface area contributed by atoms with E-state index in [1.807, 2.05) is 6.08 Å². The third kappa shape index (κ3) is 1.53. The molecule has 3 atom stereocenters. The molecule has 2 N–H and O–H groups in total. The average molecular weight is 182 g/mol. The Labute approximate surface area is 79.3 Å². The van der Waals surface area contributed by atoms with E-state index in [-0.39, 0.29) is 18.1 Å². The van der Waals surface area contributed by atoms with Crippen LogP contribution in [0, 0.1) is 11.3 Å². The van der Waals surface area contributed by atoms with Gasteiger partial charge >= 0.3 is 0 Å². The van der Waals surface area contributed by atoms with Gasteiger partial charge in [0.05, 0.1) is 12.7 Å². The first kappa shape index (κ1) is 9.22. The van der Waals surface area contributed by atoms with Gasteiger partial charge in [0.1, 0.15) is 0 Å². The van der Waals surface area contributed by atoms with Gasteiger partial charge in [-0.1, -0.05) is 25.0 Å². The largest absolute Gasteiger partial charge is 0.395 e. The Morgan fingerprint density at radius 1 is 1.38 bits per heavy atom. The lowest BCUT2D eigenvalue weighted by Crippen LogP contribution is -2.40. The maximum absolute atomic E-state index is 9.49. The van der Waals surface area contributed by atoms with E-state index in [9.17, 15) is 10.2 Å². The fourth-order valence-corrected chi connectivity index (χ4v) is 2.84. The SMILES string of the molecule is OC[C@@]12C=CC(O)CC1CCCC2. The van der Waals surface area contributed by atoms with E-state index in [2.05, 4.69) is 6.08 Å². The van der Waals surface area contributed by atoms with E-state index in [0.717, 1.165) is 12.8 Å². The Hall–Kier alpha value is -0.340. The van der Waals surface area contributed by atoms with E-state index in [4.69, 9.17) is 0 Å². The van der Waals surface area contributed by atoms with E-state index >= 15 is 0 Å². The molecule has 0 aromatic heterocycles. The zero-order valence-electron chi connectivity index (χ0n) is 7.95. The molecule has 0 aromatic rings. The number of hydrogen-bond donors (Lipinski definition) is 2. The molecular formula is C11H18O2. The van der Waals surface area contributed by atoms with Crippen molar-refractivity contribution in [1.82, 2.24) is 0 Å². The topological polar surface area (TPSA) is 40.5 Å². The Morgan fingerprint density at radius 3 is 3.00 bits per heavy atom. The van der Waals surface area contributed by atoms with Crippen LogP contribution in [0.25, 0.3) is 0 Å². The molecule has 2 rings (SSSR count). The summed E-state index contributed by atoms with van der Waals surface area (Å²) < 4.78 is 0. The second-order valence-electron chi connectivity index (χ2n) is 4.50. The molecule has 0 aromatic carbocycles. The Kier molecular flexibility index (Phi) is 2.43. The summed E-state index contributed by atoms with van der Waals surface area (Å²) >= 11 is 0. The summed E-state index contributed by atoms with van der Waals surface area (Å²) in [6.45, 7) is 0.251. The number of aliphatic hydroxyl groups is 2. The summed E-state index contributed by atoms with van der Waals surface area (Å²) in [4.78, 5) is 0. The molecule has 1 saturated carbocycles. The molecule has 74 valence electrons. The van der Waals surface area contributed by atoms with Crippen molar-refractivity contribution in [3.8, 4) is 0 Å². The summed E-state index contributed by atoms with van der Waals surface area (Å²) in [7, 11) is 0. The summed E-state index contributed by atoms with van der Waals surface area (Å²) in [5.74, 6) is 0.506. The quantitative estimate of drug-likeness (QED) is 0.603. The second kappa shape index (κ2) is 3.43.